The van der Waals surface area contributed by atoms with Crippen LogP contribution in [-0.2, 0) is 0 Å². The van der Waals surface area contributed by atoms with Gasteiger partial charge in [0, 0.05) is 12.4 Å². The quantitative estimate of drug-likeness (QED) is 0.606. The highest BCUT2D eigenvalue weighted by Gasteiger charge is 1.60. The molecule has 1 N–H and O–H groups in total. The van der Waals surface area contributed by atoms with Gasteiger partial charge in [0.25, 0.3) is 0 Å². The van der Waals surface area contributed by atoms with E-state index in [9.17, 15) is 0 Å². The largest absolute Gasteiger partial charge is 0.452 e. The van der Waals surface area contributed by atoms with Gasteiger partial charge in [-0.05, 0) is 6.07 Å². The van der Waals surface area contributed by atoms with Gasteiger partial charge in [0.2, 0.25) is 0 Å². The lowest BCUT2D eigenvalue weighted by Crippen LogP contribution is -1.53. The van der Waals surface area contributed by atoms with Crippen molar-refractivity contribution >= 4 is 0 Å². The zero-order valence-corrected chi connectivity index (χ0v) is 7.85. The van der Waals surface area contributed by atoms with Crippen molar-refractivity contribution in [1.82, 2.24) is 20.2 Å². The Labute approximate surface area is 86.0 Å². The minimum absolute atomic E-state index is 1.38. The van der Waals surface area contributed by atoms with Crippen LogP contribution in [0.1, 0.15) is 0 Å². The van der Waals surface area contributed by atoms with Gasteiger partial charge in [-0.3, -0.25) is 5.10 Å². The van der Waals surface area contributed by atoms with Gasteiger partial charge < -0.3 is 8.83 Å². The summed E-state index contributed by atoms with van der Waals surface area (Å²) in [6, 6.07) is 1.83. The molecule has 0 saturated heterocycles. The first-order chi connectivity index (χ1) is 7.50. The van der Waals surface area contributed by atoms with Crippen LogP contribution in [0.25, 0.3) is 0 Å². The average molecular weight is 206 g/mol. The van der Waals surface area contributed by atoms with Crippen molar-refractivity contribution in [3.8, 4) is 0 Å². The predicted octanol–water partition coefficient (Wildman–Crippen LogP) is 1.76. The molecular weight excluding hydrogens is 196 g/mol. The summed E-state index contributed by atoms with van der Waals surface area (Å²) >= 11 is 0. The van der Waals surface area contributed by atoms with Crippen LogP contribution >= 0.6 is 0 Å². The molecule has 0 radical (unpaired) electrons. The highest BCUT2D eigenvalue weighted by atomic mass is 16.3. The molecule has 0 aromatic carbocycles. The predicted molar refractivity (Wildman–Crippen MR) is 51.6 cm³/mol. The van der Waals surface area contributed by atoms with Crippen molar-refractivity contribution < 1.29 is 8.83 Å². The Balaban J connectivity index is 0.000000112. The van der Waals surface area contributed by atoms with Gasteiger partial charge >= 0.3 is 0 Å². The lowest BCUT2D eigenvalue weighted by molar-refractivity contribution is 0.557. The second-order valence-electron chi connectivity index (χ2n) is 2.12. The standard InChI is InChI=1S/C3H4N2.2C3H3NO/c1-2-4-5-3-1;2*1-2-5-3-4-1/h1-3H,(H,4,5);2*1-3H. The molecule has 0 amide bonds. The summed E-state index contributed by atoms with van der Waals surface area (Å²) in [4.78, 5) is 7.11. The molecule has 3 heterocycles. The molecule has 6 nitrogen and oxygen atoms in total. The van der Waals surface area contributed by atoms with E-state index in [1.165, 1.54) is 25.3 Å². The number of H-pyrrole nitrogens is 1. The van der Waals surface area contributed by atoms with E-state index in [1.807, 2.05) is 6.07 Å². The minimum atomic E-state index is 1.38. The average Bonchev–Trinajstić information content (AvgIpc) is 3.09. The van der Waals surface area contributed by atoms with Crippen molar-refractivity contribution in [3.05, 3.63) is 56.2 Å². The number of nitrogens with zero attached hydrogens (tertiary/aromatic N) is 3. The van der Waals surface area contributed by atoms with Crippen LogP contribution in [0.4, 0.5) is 0 Å². The lowest BCUT2D eigenvalue weighted by Gasteiger charge is -1.49. The number of oxazole rings is 2. The molecule has 0 saturated carbocycles. The first-order valence-electron chi connectivity index (χ1n) is 4.08. The summed E-state index contributed by atoms with van der Waals surface area (Å²) in [5.74, 6) is 0. The van der Waals surface area contributed by atoms with Gasteiger partial charge in [-0.2, -0.15) is 5.10 Å². The molecule has 0 fully saturated rings. The first kappa shape index (κ1) is 10.7. The molecule has 0 spiro atoms. The van der Waals surface area contributed by atoms with Crippen LogP contribution in [0.2, 0.25) is 0 Å². The topological polar surface area (TPSA) is 80.7 Å². The smallest absolute Gasteiger partial charge is 0.180 e. The zero-order chi connectivity index (χ0) is 10.6. The van der Waals surface area contributed by atoms with E-state index in [0.717, 1.165) is 0 Å². The van der Waals surface area contributed by atoms with Crippen molar-refractivity contribution in [1.29, 1.82) is 0 Å². The van der Waals surface area contributed by atoms with Crippen molar-refractivity contribution in [3.63, 3.8) is 0 Å². The summed E-state index contributed by atoms with van der Waals surface area (Å²) in [5, 5.41) is 6.21. The van der Waals surface area contributed by atoms with E-state index in [1.54, 1.807) is 24.8 Å². The number of hydrogen-bond acceptors (Lipinski definition) is 5. The van der Waals surface area contributed by atoms with E-state index >= 15 is 0 Å². The fourth-order valence-electron chi connectivity index (χ4n) is 0.567. The second kappa shape index (κ2) is 8.24. The SMILES string of the molecule is c1cn[nH]c1.c1cocn1.c1cocn1. The molecule has 0 aliphatic heterocycles. The monoisotopic (exact) mass is 206 g/mol. The summed E-state index contributed by atoms with van der Waals surface area (Å²) in [7, 11) is 0. The molecule has 6 heteroatoms. The Kier molecular flexibility index (Phi) is 5.88. The highest BCUT2D eigenvalue weighted by Crippen LogP contribution is 1.72. The van der Waals surface area contributed by atoms with E-state index in [0.29, 0.717) is 0 Å². The molecular formula is C9H10N4O2. The molecule has 0 bridgehead atoms. The number of aromatic amines is 1. The molecule has 0 atom stereocenters. The van der Waals surface area contributed by atoms with Crippen molar-refractivity contribution in [2.45, 2.75) is 0 Å². The number of aromatic nitrogens is 4. The molecule has 15 heavy (non-hydrogen) atoms. The third kappa shape index (κ3) is 6.76. The van der Waals surface area contributed by atoms with E-state index in [-0.39, 0.29) is 0 Å². The van der Waals surface area contributed by atoms with Crippen LogP contribution in [0, 0.1) is 0 Å². The first-order valence-corrected chi connectivity index (χ1v) is 4.08. The number of rotatable bonds is 0. The van der Waals surface area contributed by atoms with E-state index in [4.69, 9.17) is 0 Å². The highest BCUT2D eigenvalue weighted by molar-refractivity contribution is 4.72. The van der Waals surface area contributed by atoms with Crippen molar-refractivity contribution in [2.24, 2.45) is 0 Å². The van der Waals surface area contributed by atoms with Crippen molar-refractivity contribution in [2.75, 3.05) is 0 Å². The Bertz CT molecular complexity index is 252. The maximum atomic E-state index is 4.47. The van der Waals surface area contributed by atoms with Crippen LogP contribution in [-0.4, -0.2) is 20.2 Å². The van der Waals surface area contributed by atoms with E-state index in [2.05, 4.69) is 29.0 Å². The number of hydrogen-bond donors (Lipinski definition) is 1. The summed E-state index contributed by atoms with van der Waals surface area (Å²) in [6.07, 6.45) is 12.4. The maximum Gasteiger partial charge on any atom is 0.180 e. The molecule has 78 valence electrons. The zero-order valence-electron chi connectivity index (χ0n) is 7.85. The van der Waals surface area contributed by atoms with Gasteiger partial charge in [-0.1, -0.05) is 0 Å². The lowest BCUT2D eigenvalue weighted by atomic mass is 10.8. The summed E-state index contributed by atoms with van der Waals surface area (Å²) < 4.78 is 8.94. The molecule has 3 rings (SSSR count). The molecule has 0 unspecified atom stereocenters. The normalized spacial score (nSPS) is 8.00. The Morgan fingerprint density at radius 1 is 0.867 bits per heavy atom. The van der Waals surface area contributed by atoms with Crippen LogP contribution in [0.5, 0.6) is 0 Å². The Morgan fingerprint density at radius 3 is 1.67 bits per heavy atom. The van der Waals surface area contributed by atoms with Gasteiger partial charge in [-0.15, -0.1) is 0 Å². The van der Waals surface area contributed by atoms with Gasteiger partial charge in [0.15, 0.2) is 12.8 Å². The maximum absolute atomic E-state index is 4.47. The molecule has 0 aliphatic carbocycles. The molecule has 3 aromatic rings. The summed E-state index contributed by atoms with van der Waals surface area (Å²) in [5.41, 5.74) is 0. The molecule has 0 aliphatic rings. The number of nitrogens with one attached hydrogen (secondary N) is 1. The second-order valence-corrected chi connectivity index (χ2v) is 2.12. The minimum Gasteiger partial charge on any atom is -0.452 e. The van der Waals surface area contributed by atoms with Crippen LogP contribution in [0.15, 0.2) is 65.0 Å². The Morgan fingerprint density at radius 2 is 1.53 bits per heavy atom. The van der Waals surface area contributed by atoms with Gasteiger partial charge in [-0.25, -0.2) is 9.97 Å². The third-order valence-corrected chi connectivity index (χ3v) is 1.10. The molecule has 3 aromatic heterocycles. The van der Waals surface area contributed by atoms with E-state index < -0.39 is 0 Å². The Hall–Kier alpha value is -2.37. The fraction of sp³-hybridized carbons (Fsp3) is 0. The third-order valence-electron chi connectivity index (χ3n) is 1.10. The fourth-order valence-corrected chi connectivity index (χ4v) is 0.567. The summed E-state index contributed by atoms with van der Waals surface area (Å²) in [6.45, 7) is 0. The van der Waals surface area contributed by atoms with Gasteiger partial charge in [0.05, 0.1) is 12.4 Å². The van der Waals surface area contributed by atoms with Crippen LogP contribution in [0.3, 0.4) is 0 Å². The van der Waals surface area contributed by atoms with Gasteiger partial charge in [0.1, 0.15) is 12.5 Å². The van der Waals surface area contributed by atoms with Crippen LogP contribution < -0.4 is 0 Å².